The van der Waals surface area contributed by atoms with E-state index >= 15 is 0 Å². The molecule has 1 heterocycles. The van der Waals surface area contributed by atoms with E-state index in [4.69, 9.17) is 22.1 Å². The molecule has 7 nitrogen and oxygen atoms in total. The SMILES string of the molecule is Cc1cc(C(=O)COC(=O)C[C@@H](NC(N)=O)c2ccc(Cl)cc2)c(C)n1C1CC1. The van der Waals surface area contributed by atoms with Gasteiger partial charge in [-0.25, -0.2) is 4.79 Å². The number of Topliss-reactive ketones (excluding diaryl/α,β-unsaturated/α-hetero) is 1. The second-order valence-corrected chi connectivity index (χ2v) is 7.72. The van der Waals surface area contributed by atoms with Crippen molar-refractivity contribution in [2.75, 3.05) is 6.61 Å². The van der Waals surface area contributed by atoms with Crippen LogP contribution in [0, 0.1) is 13.8 Å². The van der Waals surface area contributed by atoms with E-state index in [1.54, 1.807) is 24.3 Å². The quantitative estimate of drug-likeness (QED) is 0.505. The average Bonchev–Trinajstić information content (AvgIpc) is 3.44. The highest BCUT2D eigenvalue weighted by molar-refractivity contribution is 6.30. The van der Waals surface area contributed by atoms with Gasteiger partial charge in [-0.1, -0.05) is 23.7 Å². The van der Waals surface area contributed by atoms with E-state index in [1.165, 1.54) is 0 Å². The fourth-order valence-electron chi connectivity index (χ4n) is 3.52. The standard InChI is InChI=1S/C21H24ClN3O4/c1-12-9-17(13(2)25(12)16-7-8-16)19(26)11-29-20(27)10-18(24-21(23)28)14-3-5-15(22)6-4-14/h3-6,9,16,18H,7-8,10-11H2,1-2H3,(H3,23,24,28)/t18-/m1/s1. The fraction of sp³-hybridized carbons (Fsp3) is 0.381. The molecular weight excluding hydrogens is 394 g/mol. The minimum atomic E-state index is -0.763. The van der Waals surface area contributed by atoms with E-state index in [9.17, 15) is 14.4 Å². The van der Waals surface area contributed by atoms with Crippen LogP contribution in [0.15, 0.2) is 30.3 Å². The topological polar surface area (TPSA) is 103 Å². The van der Waals surface area contributed by atoms with Crippen LogP contribution in [0.4, 0.5) is 4.79 Å². The second-order valence-electron chi connectivity index (χ2n) is 7.29. The number of nitrogens with zero attached hydrogens (tertiary/aromatic N) is 1. The van der Waals surface area contributed by atoms with E-state index in [0.717, 1.165) is 24.2 Å². The molecule has 3 N–H and O–H groups in total. The molecular formula is C21H24ClN3O4. The van der Waals surface area contributed by atoms with E-state index < -0.39 is 18.0 Å². The van der Waals surface area contributed by atoms with Crippen molar-refractivity contribution >= 4 is 29.4 Å². The Morgan fingerprint density at radius 2 is 1.90 bits per heavy atom. The molecule has 1 aliphatic carbocycles. The number of amides is 2. The van der Waals surface area contributed by atoms with Crippen LogP contribution in [0.1, 0.15) is 58.7 Å². The van der Waals surface area contributed by atoms with Gasteiger partial charge in [0.05, 0.1) is 12.5 Å². The Kier molecular flexibility index (Phi) is 6.27. The highest BCUT2D eigenvalue weighted by Gasteiger charge is 2.28. The van der Waals surface area contributed by atoms with Gasteiger partial charge >= 0.3 is 12.0 Å². The molecule has 1 saturated carbocycles. The lowest BCUT2D eigenvalue weighted by Gasteiger charge is -2.17. The number of aryl methyl sites for hydroxylation is 1. The molecule has 0 radical (unpaired) electrons. The first-order chi connectivity index (χ1) is 13.8. The van der Waals surface area contributed by atoms with Crippen LogP contribution in [0.3, 0.4) is 0 Å². The van der Waals surface area contributed by atoms with Gasteiger partial charge in [0, 0.05) is 28.0 Å². The van der Waals surface area contributed by atoms with Gasteiger partial charge in [0.15, 0.2) is 6.61 Å². The number of ether oxygens (including phenoxy) is 1. The zero-order valence-corrected chi connectivity index (χ0v) is 17.2. The molecule has 2 amide bonds. The molecule has 2 aromatic rings. The van der Waals surface area contributed by atoms with E-state index in [-0.39, 0.29) is 18.8 Å². The Balaban J connectivity index is 1.61. The van der Waals surface area contributed by atoms with Crippen LogP contribution >= 0.6 is 11.6 Å². The number of aromatic nitrogens is 1. The van der Waals surface area contributed by atoms with Gasteiger partial charge in [-0.05, 0) is 50.5 Å². The first-order valence-corrected chi connectivity index (χ1v) is 9.82. The average molecular weight is 418 g/mol. The Morgan fingerprint density at radius 1 is 1.24 bits per heavy atom. The number of nitrogens with one attached hydrogen (secondary N) is 1. The third-order valence-electron chi connectivity index (χ3n) is 5.02. The second kappa shape index (κ2) is 8.69. The number of ketones is 1. The van der Waals surface area contributed by atoms with Crippen molar-refractivity contribution in [2.24, 2.45) is 5.73 Å². The Bertz CT molecular complexity index is 932. The largest absolute Gasteiger partial charge is 0.457 e. The fourth-order valence-corrected chi connectivity index (χ4v) is 3.65. The number of rotatable bonds is 8. The lowest BCUT2D eigenvalue weighted by atomic mass is 10.0. The number of halogens is 1. The summed E-state index contributed by atoms with van der Waals surface area (Å²) in [5.74, 6) is -0.854. The minimum Gasteiger partial charge on any atom is -0.457 e. The van der Waals surface area contributed by atoms with Gasteiger partial charge in [0.1, 0.15) is 0 Å². The van der Waals surface area contributed by atoms with E-state index in [2.05, 4.69) is 9.88 Å². The van der Waals surface area contributed by atoms with Crippen molar-refractivity contribution in [3.05, 3.63) is 57.9 Å². The summed E-state index contributed by atoms with van der Waals surface area (Å²) in [6.07, 6.45) is 2.09. The van der Waals surface area contributed by atoms with Gasteiger partial charge in [-0.2, -0.15) is 0 Å². The Labute approximate surface area is 174 Å². The highest BCUT2D eigenvalue weighted by Crippen LogP contribution is 2.38. The van der Waals surface area contributed by atoms with Crippen LogP contribution in [-0.4, -0.2) is 29.0 Å². The van der Waals surface area contributed by atoms with E-state index in [0.29, 0.717) is 22.2 Å². The molecule has 0 unspecified atom stereocenters. The smallest absolute Gasteiger partial charge is 0.312 e. The third kappa shape index (κ3) is 5.17. The number of primary amides is 1. The number of esters is 1. The minimum absolute atomic E-state index is 0.154. The number of carbonyl (C=O) groups is 3. The number of hydrogen-bond acceptors (Lipinski definition) is 4. The zero-order chi connectivity index (χ0) is 21.1. The Morgan fingerprint density at radius 3 is 2.48 bits per heavy atom. The molecule has 1 aliphatic rings. The predicted molar refractivity (Wildman–Crippen MR) is 109 cm³/mol. The lowest BCUT2D eigenvalue weighted by Crippen LogP contribution is -2.34. The van der Waals surface area contributed by atoms with Gasteiger partial charge in [0.2, 0.25) is 5.78 Å². The van der Waals surface area contributed by atoms with Gasteiger partial charge in [-0.15, -0.1) is 0 Å². The predicted octanol–water partition coefficient (Wildman–Crippen LogP) is 3.62. The lowest BCUT2D eigenvalue weighted by molar-refractivity contribution is -0.143. The monoisotopic (exact) mass is 417 g/mol. The van der Waals surface area contributed by atoms with Gasteiger partial charge in [-0.3, -0.25) is 9.59 Å². The summed E-state index contributed by atoms with van der Waals surface area (Å²) < 4.78 is 7.35. The van der Waals surface area contributed by atoms with Crippen molar-refractivity contribution in [1.29, 1.82) is 0 Å². The molecule has 1 aromatic carbocycles. The van der Waals surface area contributed by atoms with Crippen molar-refractivity contribution < 1.29 is 19.1 Å². The van der Waals surface area contributed by atoms with Gasteiger partial charge in [0.25, 0.3) is 0 Å². The maximum atomic E-state index is 12.6. The number of urea groups is 1. The first-order valence-electron chi connectivity index (χ1n) is 9.45. The summed E-state index contributed by atoms with van der Waals surface area (Å²) in [6, 6.07) is 7.55. The molecule has 0 spiro atoms. The van der Waals surface area contributed by atoms with Crippen molar-refractivity contribution in [3.8, 4) is 0 Å². The molecule has 8 heteroatoms. The number of benzene rings is 1. The van der Waals surface area contributed by atoms with Crippen LogP contribution in [-0.2, 0) is 9.53 Å². The molecule has 1 atom stereocenters. The molecule has 3 rings (SSSR count). The summed E-state index contributed by atoms with van der Waals surface area (Å²) in [5.41, 5.74) is 8.38. The molecule has 0 bridgehead atoms. The highest BCUT2D eigenvalue weighted by atomic mass is 35.5. The zero-order valence-electron chi connectivity index (χ0n) is 16.4. The normalized spacial score (nSPS) is 14.3. The molecule has 154 valence electrons. The van der Waals surface area contributed by atoms with E-state index in [1.807, 2.05) is 19.9 Å². The van der Waals surface area contributed by atoms with Crippen LogP contribution in [0.5, 0.6) is 0 Å². The molecule has 0 saturated heterocycles. The summed E-state index contributed by atoms with van der Waals surface area (Å²) in [4.78, 5) is 36.1. The first kappa shape index (κ1) is 20.9. The maximum absolute atomic E-state index is 12.6. The molecule has 29 heavy (non-hydrogen) atoms. The van der Waals surface area contributed by atoms with Crippen molar-refractivity contribution in [1.82, 2.24) is 9.88 Å². The maximum Gasteiger partial charge on any atom is 0.312 e. The summed E-state index contributed by atoms with van der Waals surface area (Å²) >= 11 is 5.88. The van der Waals surface area contributed by atoms with Crippen LogP contribution in [0.25, 0.3) is 0 Å². The summed E-state index contributed by atoms with van der Waals surface area (Å²) in [5, 5.41) is 3.04. The summed E-state index contributed by atoms with van der Waals surface area (Å²) in [6.45, 7) is 3.53. The Hall–Kier alpha value is -2.80. The number of hydrogen-bond donors (Lipinski definition) is 2. The molecule has 1 fully saturated rings. The third-order valence-corrected chi connectivity index (χ3v) is 5.27. The molecule has 1 aromatic heterocycles. The van der Waals surface area contributed by atoms with Gasteiger partial charge < -0.3 is 20.4 Å². The molecule has 0 aliphatic heterocycles. The van der Waals surface area contributed by atoms with Crippen LogP contribution < -0.4 is 11.1 Å². The van der Waals surface area contributed by atoms with Crippen LogP contribution in [0.2, 0.25) is 5.02 Å². The van der Waals surface area contributed by atoms with Crippen molar-refractivity contribution in [2.45, 2.75) is 45.2 Å². The number of carbonyl (C=O) groups excluding carboxylic acids is 3. The summed E-state index contributed by atoms with van der Waals surface area (Å²) in [7, 11) is 0. The van der Waals surface area contributed by atoms with Crippen molar-refractivity contribution in [3.63, 3.8) is 0 Å². The number of nitrogens with two attached hydrogens (primary N) is 1.